The molecule has 1 unspecified atom stereocenters. The van der Waals surface area contributed by atoms with E-state index in [9.17, 15) is 9.59 Å². The van der Waals surface area contributed by atoms with E-state index >= 15 is 0 Å². The molecule has 2 aromatic carbocycles. The van der Waals surface area contributed by atoms with E-state index in [1.165, 1.54) is 5.56 Å². The second-order valence-corrected chi connectivity index (χ2v) is 8.85. The highest BCUT2D eigenvalue weighted by atomic mass is 16.4. The SMILES string of the molecule is CN(C)CCCCNc1ncc2c(n1)-c1ccccc1C(c1ccc(NC(=O)NC(=O)O)cc1)C2. The average molecular weight is 475 g/mol. The maximum absolute atomic E-state index is 11.6. The van der Waals surface area contributed by atoms with Gasteiger partial charge >= 0.3 is 12.1 Å². The molecule has 0 aliphatic heterocycles. The lowest BCUT2D eigenvalue weighted by molar-refractivity contribution is 0.194. The van der Waals surface area contributed by atoms with Gasteiger partial charge in [0.15, 0.2) is 0 Å². The normalized spacial score (nSPS) is 14.1. The number of carbonyl (C=O) groups is 2. The first-order valence-corrected chi connectivity index (χ1v) is 11.7. The Bertz CT molecular complexity index is 1200. The van der Waals surface area contributed by atoms with Gasteiger partial charge in [0.05, 0.1) is 5.69 Å². The van der Waals surface area contributed by atoms with Gasteiger partial charge in [0.2, 0.25) is 5.95 Å². The molecule has 1 aromatic heterocycles. The number of unbranched alkanes of at least 4 members (excludes halogenated alkanes) is 1. The summed E-state index contributed by atoms with van der Waals surface area (Å²) < 4.78 is 0. The summed E-state index contributed by atoms with van der Waals surface area (Å²) in [5.41, 5.74) is 5.96. The van der Waals surface area contributed by atoms with Gasteiger partial charge in [-0.1, -0.05) is 36.4 Å². The zero-order valence-corrected chi connectivity index (χ0v) is 19.9. The zero-order chi connectivity index (χ0) is 24.8. The van der Waals surface area contributed by atoms with Crippen LogP contribution in [-0.2, 0) is 6.42 Å². The first kappa shape index (κ1) is 24.2. The van der Waals surface area contributed by atoms with Crippen LogP contribution in [0, 0.1) is 0 Å². The molecule has 0 fully saturated rings. The zero-order valence-electron chi connectivity index (χ0n) is 19.9. The van der Waals surface area contributed by atoms with Crippen molar-refractivity contribution in [2.45, 2.75) is 25.2 Å². The van der Waals surface area contributed by atoms with Gasteiger partial charge in [-0.25, -0.2) is 24.9 Å². The second-order valence-electron chi connectivity index (χ2n) is 8.85. The van der Waals surface area contributed by atoms with E-state index in [1.807, 2.05) is 30.5 Å². The lowest BCUT2D eigenvalue weighted by atomic mass is 9.78. The van der Waals surface area contributed by atoms with E-state index in [2.05, 4.69) is 46.7 Å². The number of carbonyl (C=O) groups excluding carboxylic acids is 1. The number of hydrogen-bond acceptors (Lipinski definition) is 6. The van der Waals surface area contributed by atoms with Crippen LogP contribution in [0.1, 0.15) is 35.4 Å². The van der Waals surface area contributed by atoms with E-state index in [1.54, 1.807) is 17.4 Å². The Morgan fingerprint density at radius 1 is 1.09 bits per heavy atom. The van der Waals surface area contributed by atoms with E-state index in [0.717, 1.165) is 54.7 Å². The topological polar surface area (TPSA) is 119 Å². The molecule has 4 rings (SSSR count). The fourth-order valence-electron chi connectivity index (χ4n) is 4.33. The number of rotatable bonds is 8. The van der Waals surface area contributed by atoms with Crippen molar-refractivity contribution in [1.82, 2.24) is 20.2 Å². The summed E-state index contributed by atoms with van der Waals surface area (Å²) in [4.78, 5) is 33.8. The van der Waals surface area contributed by atoms with Gasteiger partial charge in [0.25, 0.3) is 0 Å². The summed E-state index contributed by atoms with van der Waals surface area (Å²) >= 11 is 0. The number of aromatic nitrogens is 2. The van der Waals surface area contributed by atoms with Crippen LogP contribution in [0.2, 0.25) is 0 Å². The van der Waals surface area contributed by atoms with Gasteiger partial charge in [-0.2, -0.15) is 0 Å². The molecule has 182 valence electrons. The molecule has 1 aliphatic rings. The summed E-state index contributed by atoms with van der Waals surface area (Å²) in [6, 6.07) is 14.9. The van der Waals surface area contributed by atoms with Crippen molar-refractivity contribution >= 4 is 23.8 Å². The largest absolute Gasteiger partial charge is 0.465 e. The molecule has 9 heteroatoms. The molecule has 0 spiro atoms. The Morgan fingerprint density at radius 3 is 2.60 bits per heavy atom. The van der Waals surface area contributed by atoms with E-state index in [-0.39, 0.29) is 5.92 Å². The van der Waals surface area contributed by atoms with Crippen molar-refractivity contribution in [2.75, 3.05) is 37.8 Å². The number of urea groups is 1. The third kappa shape index (κ3) is 6.13. The number of anilines is 2. The third-order valence-corrected chi connectivity index (χ3v) is 5.99. The summed E-state index contributed by atoms with van der Waals surface area (Å²) in [5, 5.41) is 16.3. The molecular weight excluding hydrogens is 444 g/mol. The molecule has 3 aromatic rings. The molecule has 0 saturated heterocycles. The van der Waals surface area contributed by atoms with Crippen LogP contribution >= 0.6 is 0 Å². The van der Waals surface area contributed by atoms with E-state index in [4.69, 9.17) is 10.1 Å². The monoisotopic (exact) mass is 474 g/mol. The van der Waals surface area contributed by atoms with Gasteiger partial charge in [-0.3, -0.25) is 0 Å². The van der Waals surface area contributed by atoms with Gasteiger partial charge in [0, 0.05) is 29.9 Å². The standard InChI is InChI=1S/C26H30N6O3/c1-32(2)14-6-5-13-27-24-28-16-18-15-22(20-7-3-4-8-21(20)23(18)30-24)17-9-11-19(12-10-17)29-25(33)31-26(34)35/h3-4,7-12,16,22H,5-6,13-15H2,1-2H3,(H,34,35)(H,27,28,30)(H2,29,31,33). The minimum Gasteiger partial charge on any atom is -0.465 e. The van der Waals surface area contributed by atoms with Gasteiger partial charge < -0.3 is 20.6 Å². The van der Waals surface area contributed by atoms with Crippen molar-refractivity contribution in [3.05, 3.63) is 71.4 Å². The van der Waals surface area contributed by atoms with Crippen LogP contribution in [0.4, 0.5) is 21.2 Å². The second kappa shape index (κ2) is 11.0. The Kier molecular flexibility index (Phi) is 7.57. The Morgan fingerprint density at radius 2 is 1.86 bits per heavy atom. The van der Waals surface area contributed by atoms with Crippen LogP contribution < -0.4 is 16.0 Å². The molecule has 1 aliphatic carbocycles. The first-order valence-electron chi connectivity index (χ1n) is 11.7. The highest BCUT2D eigenvalue weighted by molar-refractivity contribution is 5.98. The van der Waals surface area contributed by atoms with Crippen LogP contribution in [0.5, 0.6) is 0 Å². The Labute approximate surface area is 204 Å². The maximum Gasteiger partial charge on any atom is 0.412 e. The van der Waals surface area contributed by atoms with Crippen LogP contribution in [0.15, 0.2) is 54.7 Å². The molecule has 0 bridgehead atoms. The molecule has 0 saturated carbocycles. The minimum atomic E-state index is -1.40. The number of nitrogens with one attached hydrogen (secondary N) is 3. The summed E-state index contributed by atoms with van der Waals surface area (Å²) in [6.07, 6.45) is 3.46. The maximum atomic E-state index is 11.6. The molecule has 4 N–H and O–H groups in total. The quantitative estimate of drug-likeness (QED) is 0.358. The Balaban J connectivity index is 1.50. The van der Waals surface area contributed by atoms with Crippen molar-refractivity contribution < 1.29 is 14.7 Å². The fourth-order valence-corrected chi connectivity index (χ4v) is 4.33. The third-order valence-electron chi connectivity index (χ3n) is 5.99. The predicted molar refractivity (Wildman–Crippen MR) is 136 cm³/mol. The first-order chi connectivity index (χ1) is 16.9. The molecule has 35 heavy (non-hydrogen) atoms. The highest BCUT2D eigenvalue weighted by Crippen LogP contribution is 2.42. The van der Waals surface area contributed by atoms with E-state index in [0.29, 0.717) is 11.6 Å². The molecule has 1 atom stereocenters. The van der Waals surface area contributed by atoms with Crippen molar-refractivity contribution in [3.63, 3.8) is 0 Å². The van der Waals surface area contributed by atoms with Crippen molar-refractivity contribution in [2.24, 2.45) is 0 Å². The Hall–Kier alpha value is -3.98. The smallest absolute Gasteiger partial charge is 0.412 e. The number of benzene rings is 2. The molecular formula is C26H30N6O3. The van der Waals surface area contributed by atoms with Gasteiger partial charge in [0.1, 0.15) is 0 Å². The number of hydrogen-bond donors (Lipinski definition) is 4. The molecule has 0 radical (unpaired) electrons. The average Bonchev–Trinajstić information content (AvgIpc) is 2.83. The number of carboxylic acid groups (broad SMARTS) is 1. The molecule has 1 heterocycles. The lowest BCUT2D eigenvalue weighted by Gasteiger charge is -2.27. The minimum absolute atomic E-state index is 0.119. The van der Waals surface area contributed by atoms with E-state index < -0.39 is 12.1 Å². The fraction of sp³-hybridized carbons (Fsp3) is 0.308. The van der Waals surface area contributed by atoms with Gasteiger partial charge in [-0.15, -0.1) is 0 Å². The molecule has 3 amide bonds. The number of amides is 3. The van der Waals surface area contributed by atoms with Gasteiger partial charge in [-0.05, 0) is 68.7 Å². The number of fused-ring (bicyclic) bond motifs is 3. The number of imide groups is 1. The molecule has 9 nitrogen and oxygen atoms in total. The summed E-state index contributed by atoms with van der Waals surface area (Å²) in [7, 11) is 4.16. The summed E-state index contributed by atoms with van der Waals surface area (Å²) in [6.45, 7) is 1.90. The van der Waals surface area contributed by atoms with Crippen LogP contribution in [0.25, 0.3) is 11.3 Å². The predicted octanol–water partition coefficient (Wildman–Crippen LogP) is 4.38. The van der Waals surface area contributed by atoms with Crippen molar-refractivity contribution in [3.8, 4) is 11.3 Å². The van der Waals surface area contributed by atoms with Crippen LogP contribution in [-0.4, -0.2) is 59.3 Å². The number of nitrogens with zero attached hydrogens (tertiary/aromatic N) is 3. The summed E-state index contributed by atoms with van der Waals surface area (Å²) in [5.74, 6) is 0.769. The lowest BCUT2D eigenvalue weighted by Crippen LogP contribution is -2.32. The highest BCUT2D eigenvalue weighted by Gasteiger charge is 2.27. The van der Waals surface area contributed by atoms with Crippen molar-refractivity contribution in [1.29, 1.82) is 0 Å². The van der Waals surface area contributed by atoms with Crippen LogP contribution in [0.3, 0.4) is 0 Å².